The fourth-order valence-corrected chi connectivity index (χ4v) is 2.28. The van der Waals surface area contributed by atoms with Gasteiger partial charge in [-0.15, -0.1) is 0 Å². The molecule has 0 spiro atoms. The van der Waals surface area contributed by atoms with Crippen molar-refractivity contribution < 1.29 is 0 Å². The summed E-state index contributed by atoms with van der Waals surface area (Å²) >= 11 is 0. The Kier molecular flexibility index (Phi) is 6.10. The minimum atomic E-state index is 0.848. The quantitative estimate of drug-likeness (QED) is 0.636. The third kappa shape index (κ3) is 5.48. The van der Waals surface area contributed by atoms with Crippen molar-refractivity contribution in [3.63, 3.8) is 0 Å². The minimum absolute atomic E-state index is 0.848. The Morgan fingerprint density at radius 2 is 1.48 bits per heavy atom. The summed E-state index contributed by atoms with van der Waals surface area (Å²) in [5, 5.41) is 0. The molecule has 0 aliphatic carbocycles. The van der Waals surface area contributed by atoms with Crippen molar-refractivity contribution in [1.29, 1.82) is 0 Å². The number of benzene rings is 2. The van der Waals surface area contributed by atoms with Gasteiger partial charge in [-0.1, -0.05) is 68.9 Å². The van der Waals surface area contributed by atoms with Crippen LogP contribution in [0.2, 0.25) is 0 Å². The highest BCUT2D eigenvalue weighted by molar-refractivity contribution is 5.43. The molecule has 0 N–H and O–H groups in total. The van der Waals surface area contributed by atoms with E-state index in [9.17, 15) is 0 Å². The molecular weight excluding hydrogens is 252 g/mol. The van der Waals surface area contributed by atoms with Crippen molar-refractivity contribution in [3.8, 4) is 11.8 Å². The number of hydrogen-bond acceptors (Lipinski definition) is 0. The van der Waals surface area contributed by atoms with Gasteiger partial charge in [0.25, 0.3) is 0 Å². The fourth-order valence-electron chi connectivity index (χ4n) is 2.28. The molecule has 0 aromatic heterocycles. The van der Waals surface area contributed by atoms with Crippen LogP contribution in [0.25, 0.3) is 0 Å². The first-order valence-corrected chi connectivity index (χ1v) is 7.94. The topological polar surface area (TPSA) is 0 Å². The Hall–Kier alpha value is -2.00. The van der Waals surface area contributed by atoms with E-state index >= 15 is 0 Å². The summed E-state index contributed by atoms with van der Waals surface area (Å²) in [7, 11) is 0. The van der Waals surface area contributed by atoms with Crippen LogP contribution in [0, 0.1) is 17.8 Å². The first-order chi connectivity index (χ1) is 10.3. The summed E-state index contributed by atoms with van der Waals surface area (Å²) in [6, 6.07) is 18.8. The van der Waals surface area contributed by atoms with Crippen LogP contribution in [0.15, 0.2) is 54.6 Å². The molecule has 2 aromatic rings. The summed E-state index contributed by atoms with van der Waals surface area (Å²) in [4.78, 5) is 0. The number of aryl methyl sites for hydroxylation is 1. The monoisotopic (exact) mass is 276 g/mol. The molecule has 0 amide bonds. The van der Waals surface area contributed by atoms with E-state index in [0.717, 1.165) is 17.0 Å². The zero-order valence-corrected chi connectivity index (χ0v) is 13.1. The van der Waals surface area contributed by atoms with Crippen LogP contribution in [-0.4, -0.2) is 0 Å². The molecule has 0 heteroatoms. The predicted molar refractivity (Wildman–Crippen MR) is 91.3 cm³/mol. The van der Waals surface area contributed by atoms with Crippen molar-refractivity contribution in [1.82, 2.24) is 0 Å². The predicted octanol–water partition coefficient (Wildman–Crippen LogP) is 5.46. The highest BCUT2D eigenvalue weighted by Crippen LogP contribution is 2.13. The molecule has 1 atom stereocenters. The summed E-state index contributed by atoms with van der Waals surface area (Å²) in [5.41, 5.74) is 3.57. The van der Waals surface area contributed by atoms with Gasteiger partial charge in [-0.05, 0) is 48.6 Å². The Morgan fingerprint density at radius 1 is 0.857 bits per heavy atom. The molecule has 21 heavy (non-hydrogen) atoms. The fraction of sp³-hybridized carbons (Fsp3) is 0.333. The zero-order valence-electron chi connectivity index (χ0n) is 13.1. The Labute approximate surface area is 129 Å². The minimum Gasteiger partial charge on any atom is -0.0651 e. The van der Waals surface area contributed by atoms with Crippen LogP contribution in [-0.2, 0) is 6.42 Å². The molecule has 0 bridgehead atoms. The van der Waals surface area contributed by atoms with Gasteiger partial charge in [0.1, 0.15) is 0 Å². The van der Waals surface area contributed by atoms with E-state index in [1.54, 1.807) is 0 Å². The number of hydrogen-bond donors (Lipinski definition) is 0. The molecule has 0 fully saturated rings. The van der Waals surface area contributed by atoms with E-state index in [2.05, 4.69) is 50.0 Å². The van der Waals surface area contributed by atoms with Crippen molar-refractivity contribution in [2.45, 2.75) is 39.5 Å². The summed E-state index contributed by atoms with van der Waals surface area (Å²) in [6.07, 6.45) is 5.07. The van der Waals surface area contributed by atoms with Gasteiger partial charge >= 0.3 is 0 Å². The number of rotatable bonds is 5. The lowest BCUT2D eigenvalue weighted by Gasteiger charge is -2.07. The third-order valence-corrected chi connectivity index (χ3v) is 3.94. The molecule has 0 heterocycles. The summed E-state index contributed by atoms with van der Waals surface area (Å²) in [5.74, 6) is 7.27. The largest absolute Gasteiger partial charge is 0.0651 e. The third-order valence-electron chi connectivity index (χ3n) is 3.94. The first kappa shape index (κ1) is 15.4. The van der Waals surface area contributed by atoms with E-state index in [1.807, 2.05) is 30.3 Å². The summed E-state index contributed by atoms with van der Waals surface area (Å²) in [6.45, 7) is 4.60. The molecule has 0 aliphatic rings. The Bertz CT molecular complexity index is 581. The maximum absolute atomic E-state index is 3.22. The van der Waals surface area contributed by atoms with Crippen LogP contribution in [0.3, 0.4) is 0 Å². The molecule has 0 saturated carbocycles. The van der Waals surface area contributed by atoms with Gasteiger partial charge in [-0.3, -0.25) is 0 Å². The normalized spacial score (nSPS) is 11.5. The van der Waals surface area contributed by atoms with Gasteiger partial charge in [0.15, 0.2) is 0 Å². The van der Waals surface area contributed by atoms with Crippen LogP contribution in [0.1, 0.15) is 49.8 Å². The SMILES string of the molecule is CCC(C)CCCc1ccc(C#Cc2ccccc2)cc1. The van der Waals surface area contributed by atoms with Crippen LogP contribution >= 0.6 is 0 Å². The average molecular weight is 276 g/mol. The van der Waals surface area contributed by atoms with Gasteiger partial charge in [0.2, 0.25) is 0 Å². The van der Waals surface area contributed by atoms with Crippen molar-refractivity contribution in [2.24, 2.45) is 5.92 Å². The van der Waals surface area contributed by atoms with Crippen molar-refractivity contribution in [3.05, 3.63) is 71.3 Å². The second-order valence-corrected chi connectivity index (χ2v) is 5.72. The first-order valence-electron chi connectivity index (χ1n) is 7.94. The Morgan fingerprint density at radius 3 is 2.10 bits per heavy atom. The smallest absolute Gasteiger partial charge is 0.0249 e. The lowest BCUT2D eigenvalue weighted by atomic mass is 9.99. The van der Waals surface area contributed by atoms with Crippen molar-refractivity contribution >= 4 is 0 Å². The van der Waals surface area contributed by atoms with Gasteiger partial charge in [0.05, 0.1) is 0 Å². The molecule has 0 nitrogen and oxygen atoms in total. The van der Waals surface area contributed by atoms with Crippen molar-refractivity contribution in [2.75, 3.05) is 0 Å². The van der Waals surface area contributed by atoms with E-state index in [-0.39, 0.29) is 0 Å². The molecule has 2 aromatic carbocycles. The Balaban J connectivity index is 1.89. The molecule has 1 unspecified atom stereocenters. The second-order valence-electron chi connectivity index (χ2n) is 5.72. The average Bonchev–Trinajstić information content (AvgIpc) is 2.55. The van der Waals surface area contributed by atoms with Gasteiger partial charge in [-0.2, -0.15) is 0 Å². The molecule has 108 valence electrons. The standard InChI is InChI=1S/C21H24/c1-3-18(2)8-7-11-20-13-16-21(17-14-20)15-12-19-9-5-4-6-10-19/h4-6,9-10,13-14,16-18H,3,7-8,11H2,1-2H3. The maximum atomic E-state index is 3.22. The summed E-state index contributed by atoms with van der Waals surface area (Å²) < 4.78 is 0. The van der Waals surface area contributed by atoms with E-state index in [1.165, 1.54) is 31.2 Å². The lowest BCUT2D eigenvalue weighted by Crippen LogP contribution is -1.94. The lowest BCUT2D eigenvalue weighted by molar-refractivity contribution is 0.496. The van der Waals surface area contributed by atoms with Gasteiger partial charge in [-0.25, -0.2) is 0 Å². The molecular formula is C21H24. The van der Waals surface area contributed by atoms with E-state index in [4.69, 9.17) is 0 Å². The van der Waals surface area contributed by atoms with Crippen LogP contribution in [0.5, 0.6) is 0 Å². The molecule has 0 radical (unpaired) electrons. The van der Waals surface area contributed by atoms with E-state index < -0.39 is 0 Å². The molecule has 0 saturated heterocycles. The second kappa shape index (κ2) is 8.32. The molecule has 2 rings (SSSR count). The highest BCUT2D eigenvalue weighted by Gasteiger charge is 1.99. The molecule has 0 aliphatic heterocycles. The zero-order chi connectivity index (χ0) is 14.9. The van der Waals surface area contributed by atoms with Gasteiger partial charge < -0.3 is 0 Å². The van der Waals surface area contributed by atoms with Crippen LogP contribution in [0.4, 0.5) is 0 Å². The van der Waals surface area contributed by atoms with Gasteiger partial charge in [0, 0.05) is 11.1 Å². The highest BCUT2D eigenvalue weighted by atomic mass is 14.0. The maximum Gasteiger partial charge on any atom is 0.0249 e. The van der Waals surface area contributed by atoms with Crippen LogP contribution < -0.4 is 0 Å². The van der Waals surface area contributed by atoms with E-state index in [0.29, 0.717) is 0 Å².